The third-order valence-electron chi connectivity index (χ3n) is 12.0. The van der Waals surface area contributed by atoms with Crippen molar-refractivity contribution in [3.63, 3.8) is 0 Å². The van der Waals surface area contributed by atoms with E-state index in [9.17, 15) is 19.2 Å². The van der Waals surface area contributed by atoms with Gasteiger partial charge in [-0.05, 0) is 119 Å². The van der Waals surface area contributed by atoms with Crippen LogP contribution in [-0.4, -0.2) is 69.4 Å². The second kappa shape index (κ2) is 23.5. The van der Waals surface area contributed by atoms with E-state index < -0.39 is 0 Å². The second-order valence-corrected chi connectivity index (χ2v) is 19.3. The molecule has 2 aromatic heterocycles. The number of nitrogens with one attached hydrogen (secondary N) is 4. The fourth-order valence-electron chi connectivity index (χ4n) is 8.42. The number of hydrogen-bond donors (Lipinski definition) is 4. The smallest absolute Gasteiger partial charge is 0.272 e. The standard InChI is InChI=1S/C50H50Cl6N8O4/c1-29-43(61-63(41-20-18-37(53)27-39(41)55)45(29)31-10-14-35(51)15-11-31)49(67)59-24-5-3-22-57-47(65)33-8-7-9-34(26-33)48(66)58-23-4-6-25-60-50(68)44-30(2)46(32-12-16-36(52)17-13-32)64(62-44)42-21-19-38(54)28-40(42)56/h10-21,27-28,33-34H,3-9,22-26H2,1-2H3,(H,57,65)(H,58,66)(H,59,67)(H,60,68)/t33-,34-/m1/s1. The molecule has 6 aromatic rings. The van der Waals surface area contributed by atoms with Crippen LogP contribution >= 0.6 is 69.6 Å². The number of carbonyl (C=O) groups is 4. The van der Waals surface area contributed by atoms with E-state index in [1.165, 1.54) is 0 Å². The minimum Gasteiger partial charge on any atom is -0.356 e. The molecule has 0 unspecified atom stereocenters. The molecule has 18 heteroatoms. The third-order valence-corrected chi connectivity index (χ3v) is 13.6. The molecule has 1 saturated carbocycles. The maximum Gasteiger partial charge on any atom is 0.272 e. The maximum absolute atomic E-state index is 13.4. The molecule has 1 aliphatic carbocycles. The van der Waals surface area contributed by atoms with Gasteiger partial charge in [-0.15, -0.1) is 0 Å². The highest BCUT2D eigenvalue weighted by Crippen LogP contribution is 2.35. The van der Waals surface area contributed by atoms with Gasteiger partial charge >= 0.3 is 0 Å². The minimum atomic E-state index is -0.328. The molecule has 12 nitrogen and oxygen atoms in total. The zero-order valence-electron chi connectivity index (χ0n) is 37.4. The molecule has 1 aliphatic rings. The van der Waals surface area contributed by atoms with Gasteiger partial charge in [0.2, 0.25) is 11.8 Å². The number of benzene rings is 4. The highest BCUT2D eigenvalue weighted by atomic mass is 35.5. The van der Waals surface area contributed by atoms with Gasteiger partial charge in [-0.1, -0.05) is 100 Å². The minimum absolute atomic E-state index is 0.0596. The number of carbonyl (C=O) groups excluding carboxylic acids is 4. The summed E-state index contributed by atoms with van der Waals surface area (Å²) >= 11 is 37.8. The predicted octanol–water partition coefficient (Wildman–Crippen LogP) is 11.7. The van der Waals surface area contributed by atoms with Gasteiger partial charge in [0.15, 0.2) is 11.4 Å². The van der Waals surface area contributed by atoms with Crippen molar-refractivity contribution in [3.05, 3.63) is 138 Å². The number of amides is 4. The van der Waals surface area contributed by atoms with Gasteiger partial charge in [0.25, 0.3) is 11.8 Å². The number of unbranched alkanes of at least 4 members (excludes halogenated alkanes) is 2. The second-order valence-electron chi connectivity index (χ2n) is 16.7. The van der Waals surface area contributed by atoms with E-state index in [2.05, 4.69) is 31.5 Å². The van der Waals surface area contributed by atoms with E-state index in [1.54, 1.807) is 70.0 Å². The Bertz CT molecular complexity index is 2610. The Morgan fingerprint density at radius 1 is 0.515 bits per heavy atom. The first-order valence-corrected chi connectivity index (χ1v) is 24.7. The van der Waals surface area contributed by atoms with Crippen molar-refractivity contribution in [1.29, 1.82) is 0 Å². The highest BCUT2D eigenvalue weighted by molar-refractivity contribution is 6.36. The summed E-state index contributed by atoms with van der Waals surface area (Å²) in [6.07, 6.45) is 5.29. The molecule has 2 atom stereocenters. The highest BCUT2D eigenvalue weighted by Gasteiger charge is 2.31. The van der Waals surface area contributed by atoms with Crippen LogP contribution in [0.1, 0.15) is 83.5 Å². The molecular weight excluding hydrogens is 989 g/mol. The average Bonchev–Trinajstić information content (AvgIpc) is 3.84. The monoisotopic (exact) mass is 1040 g/mol. The Morgan fingerprint density at radius 3 is 1.24 bits per heavy atom. The summed E-state index contributed by atoms with van der Waals surface area (Å²) in [5.41, 5.74) is 6.04. The SMILES string of the molecule is Cc1c(C(=O)NCCCCNC(=O)[C@@H]2CCC[C@@H](C(=O)NCCCCNC(=O)c3nn(-c4ccc(Cl)cc4Cl)c(-c4ccc(Cl)cc4)c3C)C2)nn(-c2ccc(Cl)cc2Cl)c1-c1ccc(Cl)cc1. The molecular formula is C50H50Cl6N8O4. The Labute approximate surface area is 425 Å². The van der Waals surface area contributed by atoms with Gasteiger partial charge in [0, 0.05) is 80.4 Å². The molecule has 4 aromatic carbocycles. The molecule has 0 radical (unpaired) electrons. The summed E-state index contributed by atoms with van der Waals surface area (Å²) in [4.78, 5) is 53.2. The largest absolute Gasteiger partial charge is 0.356 e. The van der Waals surface area contributed by atoms with Crippen LogP contribution < -0.4 is 21.3 Å². The Kier molecular flexibility index (Phi) is 17.5. The van der Waals surface area contributed by atoms with Crippen LogP contribution in [0.2, 0.25) is 30.1 Å². The predicted molar refractivity (Wildman–Crippen MR) is 272 cm³/mol. The van der Waals surface area contributed by atoms with Crippen LogP contribution in [-0.2, 0) is 9.59 Å². The van der Waals surface area contributed by atoms with Crippen molar-refractivity contribution in [2.75, 3.05) is 26.2 Å². The van der Waals surface area contributed by atoms with E-state index in [0.29, 0.717) is 122 Å². The van der Waals surface area contributed by atoms with Gasteiger partial charge in [0.05, 0.1) is 32.8 Å². The third kappa shape index (κ3) is 12.4. The molecule has 2 heterocycles. The first-order chi connectivity index (χ1) is 32.7. The lowest BCUT2D eigenvalue weighted by molar-refractivity contribution is -0.130. The van der Waals surface area contributed by atoms with Crippen LogP contribution in [0.25, 0.3) is 33.9 Å². The normalized spacial score (nSPS) is 14.6. The Hall–Kier alpha value is -5.08. The van der Waals surface area contributed by atoms with Gasteiger partial charge in [-0.2, -0.15) is 10.2 Å². The lowest BCUT2D eigenvalue weighted by atomic mass is 9.80. The zero-order chi connectivity index (χ0) is 48.5. The van der Waals surface area contributed by atoms with Gasteiger partial charge in [-0.25, -0.2) is 9.36 Å². The molecule has 0 spiro atoms. The molecule has 4 amide bonds. The topological polar surface area (TPSA) is 152 Å². The van der Waals surface area contributed by atoms with E-state index in [-0.39, 0.29) is 46.9 Å². The summed E-state index contributed by atoms with van der Waals surface area (Å²) in [7, 11) is 0. The summed E-state index contributed by atoms with van der Waals surface area (Å²) in [5, 5.41) is 24.2. The molecule has 7 rings (SSSR count). The summed E-state index contributed by atoms with van der Waals surface area (Å²) in [6, 6.07) is 24.7. The fourth-order valence-corrected chi connectivity index (χ4v) is 9.65. The molecule has 0 saturated heterocycles. The number of aromatic nitrogens is 4. The number of hydrogen-bond acceptors (Lipinski definition) is 6. The number of halogens is 6. The van der Waals surface area contributed by atoms with Crippen LogP contribution in [0.5, 0.6) is 0 Å². The van der Waals surface area contributed by atoms with Crippen molar-refractivity contribution in [2.24, 2.45) is 11.8 Å². The summed E-state index contributed by atoms with van der Waals surface area (Å²) in [5.74, 6) is -1.28. The van der Waals surface area contributed by atoms with Crippen molar-refractivity contribution < 1.29 is 19.2 Å². The van der Waals surface area contributed by atoms with Crippen LogP contribution in [0.4, 0.5) is 0 Å². The lowest BCUT2D eigenvalue weighted by Crippen LogP contribution is -2.39. The van der Waals surface area contributed by atoms with E-state index >= 15 is 0 Å². The van der Waals surface area contributed by atoms with E-state index in [0.717, 1.165) is 30.4 Å². The molecule has 0 aliphatic heterocycles. The lowest BCUT2D eigenvalue weighted by Gasteiger charge is -2.27. The van der Waals surface area contributed by atoms with Gasteiger partial charge in [-0.3, -0.25) is 19.2 Å². The molecule has 356 valence electrons. The summed E-state index contributed by atoms with van der Waals surface area (Å²) in [6.45, 7) is 5.34. The van der Waals surface area contributed by atoms with Crippen molar-refractivity contribution >= 4 is 93.2 Å². The Balaban J connectivity index is 0.821. The summed E-state index contributed by atoms with van der Waals surface area (Å²) < 4.78 is 3.29. The van der Waals surface area contributed by atoms with E-state index in [4.69, 9.17) is 69.6 Å². The van der Waals surface area contributed by atoms with Crippen LogP contribution in [0, 0.1) is 25.7 Å². The number of nitrogens with zero attached hydrogens (tertiary/aromatic N) is 4. The average molecular weight is 1040 g/mol. The quantitative estimate of drug-likeness (QED) is 0.0629. The van der Waals surface area contributed by atoms with E-state index in [1.807, 2.05) is 38.1 Å². The van der Waals surface area contributed by atoms with Crippen molar-refractivity contribution in [3.8, 4) is 33.9 Å². The first-order valence-electron chi connectivity index (χ1n) is 22.4. The van der Waals surface area contributed by atoms with Crippen LogP contribution in [0.15, 0.2) is 84.9 Å². The Morgan fingerprint density at radius 2 is 0.868 bits per heavy atom. The van der Waals surface area contributed by atoms with Crippen LogP contribution in [0.3, 0.4) is 0 Å². The zero-order valence-corrected chi connectivity index (χ0v) is 41.9. The maximum atomic E-state index is 13.4. The van der Waals surface area contributed by atoms with Crippen molar-refractivity contribution in [2.45, 2.75) is 65.2 Å². The van der Waals surface area contributed by atoms with Crippen molar-refractivity contribution in [1.82, 2.24) is 40.8 Å². The van der Waals surface area contributed by atoms with Gasteiger partial charge in [0.1, 0.15) is 0 Å². The molecule has 68 heavy (non-hydrogen) atoms. The van der Waals surface area contributed by atoms with Gasteiger partial charge < -0.3 is 21.3 Å². The molecule has 4 N–H and O–H groups in total. The number of rotatable bonds is 18. The molecule has 0 bridgehead atoms. The molecule has 1 fully saturated rings. The first kappa shape index (κ1) is 50.8. The fraction of sp³-hybridized carbons (Fsp3) is 0.320.